The lowest BCUT2D eigenvalue weighted by Gasteiger charge is -2.24. The normalized spacial score (nSPS) is 15.0. The van der Waals surface area contributed by atoms with E-state index in [0.717, 1.165) is 5.56 Å². The molecule has 1 amide bonds. The molecular weight excluding hydrogens is 440 g/mol. The van der Waals surface area contributed by atoms with Gasteiger partial charge in [-0.3, -0.25) is 4.79 Å². The lowest BCUT2D eigenvalue weighted by atomic mass is 9.96. The number of rotatable bonds is 8. The first-order chi connectivity index (χ1) is 16.6. The molecule has 4 rings (SSSR count). The Morgan fingerprint density at radius 2 is 1.68 bits per heavy atom. The monoisotopic (exact) mass is 466 g/mol. The van der Waals surface area contributed by atoms with Gasteiger partial charge in [0.25, 0.3) is 0 Å². The molecule has 0 bridgehead atoms. The number of ether oxygens (including phenoxy) is 5. The van der Waals surface area contributed by atoms with Crippen molar-refractivity contribution in [2.45, 2.75) is 12.5 Å². The van der Waals surface area contributed by atoms with Gasteiger partial charge in [0.2, 0.25) is 5.75 Å². The number of methoxy groups -OCH3 is 5. The molecule has 2 heterocycles. The summed E-state index contributed by atoms with van der Waals surface area (Å²) in [6.07, 6.45) is 1.85. The van der Waals surface area contributed by atoms with Crippen molar-refractivity contribution in [3.05, 3.63) is 65.6 Å². The Morgan fingerprint density at radius 1 is 0.912 bits per heavy atom. The Morgan fingerprint density at radius 3 is 2.29 bits per heavy atom. The number of amides is 1. The predicted molar refractivity (Wildman–Crippen MR) is 124 cm³/mol. The number of nitrogens with zero attached hydrogens (tertiary/aromatic N) is 2. The van der Waals surface area contributed by atoms with Crippen molar-refractivity contribution in [1.82, 2.24) is 5.01 Å². The highest BCUT2D eigenvalue weighted by atomic mass is 16.5. The smallest absolute Gasteiger partial charge is 0.310 e. The summed E-state index contributed by atoms with van der Waals surface area (Å²) >= 11 is 0. The minimum Gasteiger partial charge on any atom is -0.497 e. The van der Waals surface area contributed by atoms with E-state index in [9.17, 15) is 4.79 Å². The summed E-state index contributed by atoms with van der Waals surface area (Å²) in [5, 5.41) is 6.11. The maximum atomic E-state index is 13.4. The second kappa shape index (κ2) is 9.78. The Kier molecular flexibility index (Phi) is 6.62. The molecule has 1 aliphatic rings. The Balaban J connectivity index is 1.83. The van der Waals surface area contributed by atoms with Gasteiger partial charge in [-0.05, 0) is 36.4 Å². The standard InChI is InChI=1S/C25H26N2O7/c1-29-15-8-9-16(22(13-15)31-3)18-14-19(27(26-18)25(28)21-7-6-12-34-21)17-10-11-20(30-2)24(33-5)23(17)32-4/h6-13,19H,14H2,1-5H3/t19-/m1/s1. The van der Waals surface area contributed by atoms with Crippen LogP contribution in [0.2, 0.25) is 0 Å². The van der Waals surface area contributed by atoms with Crippen molar-refractivity contribution in [2.24, 2.45) is 5.10 Å². The number of carbonyl (C=O) groups excluding carboxylic acids is 1. The van der Waals surface area contributed by atoms with E-state index < -0.39 is 6.04 Å². The molecular formula is C25H26N2O7. The van der Waals surface area contributed by atoms with Crippen molar-refractivity contribution in [2.75, 3.05) is 35.5 Å². The number of furan rings is 1. The van der Waals surface area contributed by atoms with E-state index in [4.69, 9.17) is 33.2 Å². The van der Waals surface area contributed by atoms with E-state index in [1.165, 1.54) is 18.4 Å². The van der Waals surface area contributed by atoms with Crippen LogP contribution < -0.4 is 23.7 Å². The molecule has 0 radical (unpaired) electrons. The first kappa shape index (κ1) is 23.0. The summed E-state index contributed by atoms with van der Waals surface area (Å²) in [5.74, 6) is 2.45. The van der Waals surface area contributed by atoms with Crippen LogP contribution >= 0.6 is 0 Å². The van der Waals surface area contributed by atoms with E-state index in [0.29, 0.717) is 46.4 Å². The third-order valence-electron chi connectivity index (χ3n) is 5.66. The molecule has 0 saturated carbocycles. The molecule has 0 aliphatic carbocycles. The number of hydrogen-bond acceptors (Lipinski definition) is 8. The minimum atomic E-state index is -0.492. The van der Waals surface area contributed by atoms with Gasteiger partial charge in [0, 0.05) is 23.6 Å². The van der Waals surface area contributed by atoms with Crippen molar-refractivity contribution in [1.29, 1.82) is 0 Å². The molecule has 178 valence electrons. The van der Waals surface area contributed by atoms with Gasteiger partial charge in [0.1, 0.15) is 11.5 Å². The molecule has 9 heteroatoms. The minimum absolute atomic E-state index is 0.177. The second-order valence-electron chi connectivity index (χ2n) is 7.38. The van der Waals surface area contributed by atoms with Gasteiger partial charge in [-0.1, -0.05) is 0 Å². The van der Waals surface area contributed by atoms with Gasteiger partial charge in [0.05, 0.1) is 53.6 Å². The molecule has 9 nitrogen and oxygen atoms in total. The molecule has 0 unspecified atom stereocenters. The number of benzene rings is 2. The van der Waals surface area contributed by atoms with Gasteiger partial charge in [-0.2, -0.15) is 5.10 Å². The van der Waals surface area contributed by atoms with Crippen molar-refractivity contribution in [3.8, 4) is 28.7 Å². The van der Waals surface area contributed by atoms with Gasteiger partial charge >= 0.3 is 5.91 Å². The van der Waals surface area contributed by atoms with E-state index in [1.54, 1.807) is 52.7 Å². The molecule has 1 atom stereocenters. The molecule has 34 heavy (non-hydrogen) atoms. The highest BCUT2D eigenvalue weighted by Crippen LogP contribution is 2.46. The molecule has 0 fully saturated rings. The number of carbonyl (C=O) groups is 1. The summed E-state index contributed by atoms with van der Waals surface area (Å²) in [6, 6.07) is 11.9. The van der Waals surface area contributed by atoms with Crippen molar-refractivity contribution < 1.29 is 32.9 Å². The average Bonchev–Trinajstić information content (AvgIpc) is 3.57. The quantitative estimate of drug-likeness (QED) is 0.488. The number of hydrazone groups is 1. The van der Waals surface area contributed by atoms with Crippen LogP contribution in [0.1, 0.15) is 34.1 Å². The van der Waals surface area contributed by atoms with Gasteiger partial charge in [-0.15, -0.1) is 0 Å². The fourth-order valence-corrected chi connectivity index (χ4v) is 4.04. The Bertz CT molecular complexity index is 1200. The zero-order chi connectivity index (χ0) is 24.2. The average molecular weight is 466 g/mol. The molecule has 0 saturated heterocycles. The molecule has 0 spiro atoms. The first-order valence-corrected chi connectivity index (χ1v) is 10.5. The summed E-state index contributed by atoms with van der Waals surface area (Å²) in [5.41, 5.74) is 2.13. The second-order valence-corrected chi connectivity index (χ2v) is 7.38. The third kappa shape index (κ3) is 4.00. The summed E-state index contributed by atoms with van der Waals surface area (Å²) in [6.45, 7) is 0. The predicted octanol–water partition coefficient (Wildman–Crippen LogP) is 4.31. The lowest BCUT2D eigenvalue weighted by molar-refractivity contribution is 0.0676. The lowest BCUT2D eigenvalue weighted by Crippen LogP contribution is -2.27. The van der Waals surface area contributed by atoms with Crippen molar-refractivity contribution in [3.63, 3.8) is 0 Å². The SMILES string of the molecule is COc1ccc(C2=NN(C(=O)c3ccco3)[C@@H](c3ccc(OC)c(OC)c3OC)C2)c(OC)c1. The highest BCUT2D eigenvalue weighted by Gasteiger charge is 2.38. The van der Waals surface area contributed by atoms with Crippen LogP contribution in [0, 0.1) is 0 Å². The van der Waals surface area contributed by atoms with Crippen LogP contribution in [0.25, 0.3) is 0 Å². The zero-order valence-corrected chi connectivity index (χ0v) is 19.7. The summed E-state index contributed by atoms with van der Waals surface area (Å²) < 4.78 is 32.9. The van der Waals surface area contributed by atoms with Crippen LogP contribution in [0.15, 0.2) is 58.2 Å². The zero-order valence-electron chi connectivity index (χ0n) is 19.7. The summed E-state index contributed by atoms with van der Waals surface area (Å²) in [4.78, 5) is 13.4. The van der Waals surface area contributed by atoms with E-state index >= 15 is 0 Å². The van der Waals surface area contributed by atoms with Crippen LogP contribution in [0.4, 0.5) is 0 Å². The Hall–Kier alpha value is -4.14. The van der Waals surface area contributed by atoms with Gasteiger partial charge in [0.15, 0.2) is 17.3 Å². The Labute approximate surface area is 197 Å². The van der Waals surface area contributed by atoms with Crippen LogP contribution in [-0.4, -0.2) is 52.2 Å². The molecule has 3 aromatic rings. The highest BCUT2D eigenvalue weighted by molar-refractivity contribution is 6.06. The largest absolute Gasteiger partial charge is 0.497 e. The first-order valence-electron chi connectivity index (χ1n) is 10.5. The molecule has 2 aromatic carbocycles. The summed E-state index contributed by atoms with van der Waals surface area (Å²) in [7, 11) is 7.80. The molecule has 1 aromatic heterocycles. The van der Waals surface area contributed by atoms with Crippen LogP contribution in [0.5, 0.6) is 28.7 Å². The topological polar surface area (TPSA) is 92.0 Å². The van der Waals surface area contributed by atoms with Gasteiger partial charge in [-0.25, -0.2) is 5.01 Å². The van der Waals surface area contributed by atoms with Gasteiger partial charge < -0.3 is 28.1 Å². The maximum Gasteiger partial charge on any atom is 0.310 e. The fourth-order valence-electron chi connectivity index (χ4n) is 4.04. The maximum absolute atomic E-state index is 13.4. The van der Waals surface area contributed by atoms with E-state index in [2.05, 4.69) is 0 Å². The van der Waals surface area contributed by atoms with E-state index in [-0.39, 0.29) is 11.7 Å². The molecule has 1 aliphatic heterocycles. The van der Waals surface area contributed by atoms with E-state index in [1.807, 2.05) is 18.2 Å². The molecule has 0 N–H and O–H groups in total. The fraction of sp³-hybridized carbons (Fsp3) is 0.280. The van der Waals surface area contributed by atoms with Crippen molar-refractivity contribution >= 4 is 11.6 Å². The van der Waals surface area contributed by atoms with Crippen LogP contribution in [0.3, 0.4) is 0 Å². The van der Waals surface area contributed by atoms with Crippen LogP contribution in [-0.2, 0) is 0 Å². The third-order valence-corrected chi connectivity index (χ3v) is 5.66. The number of hydrogen-bond donors (Lipinski definition) is 0.